The van der Waals surface area contributed by atoms with Crippen molar-refractivity contribution in [3.63, 3.8) is 0 Å². The van der Waals surface area contributed by atoms with Crippen molar-refractivity contribution < 1.29 is 23.5 Å². The molecule has 1 heterocycles. The summed E-state index contributed by atoms with van der Waals surface area (Å²) < 4.78 is 10.9. The second-order valence-corrected chi connectivity index (χ2v) is 7.94. The lowest BCUT2D eigenvalue weighted by molar-refractivity contribution is 0.0470. The topological polar surface area (TPSA) is 103 Å². The van der Waals surface area contributed by atoms with Crippen molar-refractivity contribution in [3.05, 3.63) is 110 Å². The molecular formula is C25H16BrNO6. The minimum Gasteiger partial charge on any atom is -0.453 e. The van der Waals surface area contributed by atoms with Crippen LogP contribution in [0.5, 0.6) is 0 Å². The van der Waals surface area contributed by atoms with Crippen molar-refractivity contribution in [3.8, 4) is 0 Å². The zero-order chi connectivity index (χ0) is 23.4. The number of ether oxygens (including phenoxy) is 1. The van der Waals surface area contributed by atoms with Gasteiger partial charge in [-0.3, -0.25) is 9.59 Å². The molecule has 0 atom stereocenters. The van der Waals surface area contributed by atoms with Gasteiger partial charge in [-0.05, 0) is 60.7 Å². The molecule has 0 bridgehead atoms. The second-order valence-electron chi connectivity index (χ2n) is 7.03. The fourth-order valence-electron chi connectivity index (χ4n) is 3.06. The SMILES string of the molecule is O=C(COC(=O)c1cc2cc(Br)ccc2oc1=O)c1ccc(NC(=O)c2ccccc2)cc1. The van der Waals surface area contributed by atoms with Crippen LogP contribution in [0.4, 0.5) is 5.69 Å². The van der Waals surface area contributed by atoms with Crippen LogP contribution in [-0.2, 0) is 4.74 Å². The van der Waals surface area contributed by atoms with Crippen LogP contribution >= 0.6 is 15.9 Å². The van der Waals surface area contributed by atoms with Crippen molar-refractivity contribution in [2.24, 2.45) is 0 Å². The van der Waals surface area contributed by atoms with Crippen LogP contribution in [0.15, 0.2) is 92.5 Å². The number of nitrogens with one attached hydrogen (secondary N) is 1. The number of halogens is 1. The molecule has 0 aliphatic carbocycles. The Morgan fingerprint density at radius 3 is 2.33 bits per heavy atom. The Kier molecular flexibility index (Phi) is 6.46. The van der Waals surface area contributed by atoms with Crippen molar-refractivity contribution in [2.75, 3.05) is 11.9 Å². The van der Waals surface area contributed by atoms with E-state index in [1.165, 1.54) is 18.2 Å². The molecule has 8 heteroatoms. The van der Waals surface area contributed by atoms with Crippen LogP contribution in [0.2, 0.25) is 0 Å². The fraction of sp³-hybridized carbons (Fsp3) is 0.0400. The summed E-state index contributed by atoms with van der Waals surface area (Å²) in [6.45, 7) is -0.551. The largest absolute Gasteiger partial charge is 0.453 e. The molecular weight excluding hydrogens is 490 g/mol. The third-order valence-electron chi connectivity index (χ3n) is 4.75. The molecule has 3 aromatic carbocycles. The molecule has 33 heavy (non-hydrogen) atoms. The molecule has 0 fully saturated rings. The first kappa shape index (κ1) is 22.2. The maximum atomic E-state index is 12.4. The Hall–Kier alpha value is -4.04. The van der Waals surface area contributed by atoms with Crippen LogP contribution in [-0.4, -0.2) is 24.3 Å². The molecule has 0 saturated carbocycles. The van der Waals surface area contributed by atoms with Gasteiger partial charge in [0.2, 0.25) is 0 Å². The number of esters is 1. The van der Waals surface area contributed by atoms with Gasteiger partial charge in [0.1, 0.15) is 11.1 Å². The van der Waals surface area contributed by atoms with E-state index in [1.54, 1.807) is 54.6 Å². The van der Waals surface area contributed by atoms with Gasteiger partial charge >= 0.3 is 11.6 Å². The summed E-state index contributed by atoms with van der Waals surface area (Å²) in [6, 6.07) is 21.3. The molecule has 4 aromatic rings. The van der Waals surface area contributed by atoms with E-state index in [4.69, 9.17) is 9.15 Å². The zero-order valence-electron chi connectivity index (χ0n) is 17.0. The third-order valence-corrected chi connectivity index (χ3v) is 5.24. The second kappa shape index (κ2) is 9.62. The first-order chi connectivity index (χ1) is 15.9. The summed E-state index contributed by atoms with van der Waals surface area (Å²) in [5, 5.41) is 3.27. The highest BCUT2D eigenvalue weighted by molar-refractivity contribution is 9.10. The highest BCUT2D eigenvalue weighted by Gasteiger charge is 2.17. The average molecular weight is 506 g/mol. The Labute approximate surface area is 196 Å². The standard InChI is InChI=1S/C25H16BrNO6/c26-18-8-11-22-17(12-18)13-20(25(31)33-22)24(30)32-14-21(28)15-6-9-19(10-7-15)27-23(29)16-4-2-1-3-5-16/h1-13H,14H2,(H,27,29). The van der Waals surface area contributed by atoms with Gasteiger partial charge < -0.3 is 14.5 Å². The minimum atomic E-state index is -0.953. The maximum absolute atomic E-state index is 12.4. The summed E-state index contributed by atoms with van der Waals surface area (Å²) >= 11 is 3.31. The van der Waals surface area contributed by atoms with Gasteiger partial charge in [-0.25, -0.2) is 9.59 Å². The van der Waals surface area contributed by atoms with Gasteiger partial charge in [0.15, 0.2) is 12.4 Å². The quantitative estimate of drug-likeness (QED) is 0.228. The van der Waals surface area contributed by atoms with E-state index < -0.39 is 24.0 Å². The van der Waals surface area contributed by atoms with Crippen molar-refractivity contribution in [1.29, 1.82) is 0 Å². The summed E-state index contributed by atoms with van der Waals surface area (Å²) in [5.74, 6) is -1.69. The number of Topliss-reactive ketones (excluding diaryl/α,β-unsaturated/α-hetero) is 1. The number of hydrogen-bond donors (Lipinski definition) is 1. The normalized spacial score (nSPS) is 10.6. The maximum Gasteiger partial charge on any atom is 0.351 e. The van der Waals surface area contributed by atoms with Gasteiger partial charge in [0.05, 0.1) is 0 Å². The number of benzene rings is 3. The average Bonchev–Trinajstić information content (AvgIpc) is 2.83. The molecule has 4 rings (SSSR count). The number of amides is 1. The van der Waals surface area contributed by atoms with Crippen LogP contribution in [0, 0.1) is 0 Å². The molecule has 0 aliphatic heterocycles. The van der Waals surface area contributed by atoms with Gasteiger partial charge in [-0.1, -0.05) is 34.1 Å². The zero-order valence-corrected chi connectivity index (χ0v) is 18.6. The molecule has 7 nitrogen and oxygen atoms in total. The Balaban J connectivity index is 1.39. The Morgan fingerprint density at radius 2 is 1.61 bits per heavy atom. The van der Waals surface area contributed by atoms with E-state index in [-0.39, 0.29) is 17.0 Å². The minimum absolute atomic E-state index is 0.273. The molecule has 1 N–H and O–H groups in total. The fourth-order valence-corrected chi connectivity index (χ4v) is 3.44. The lowest BCUT2D eigenvalue weighted by Gasteiger charge is -2.07. The van der Waals surface area contributed by atoms with Crippen LogP contribution < -0.4 is 10.9 Å². The smallest absolute Gasteiger partial charge is 0.351 e. The molecule has 1 amide bonds. The molecule has 0 unspecified atom stereocenters. The first-order valence-electron chi connectivity index (χ1n) is 9.81. The van der Waals surface area contributed by atoms with Gasteiger partial charge in [0.25, 0.3) is 5.91 Å². The highest BCUT2D eigenvalue weighted by Crippen LogP contribution is 2.19. The van der Waals surface area contributed by atoms with Crippen LogP contribution in [0.3, 0.4) is 0 Å². The Bertz CT molecular complexity index is 1410. The van der Waals surface area contributed by atoms with E-state index in [2.05, 4.69) is 21.2 Å². The van der Waals surface area contributed by atoms with E-state index in [0.717, 1.165) is 4.47 Å². The van der Waals surface area contributed by atoms with Crippen molar-refractivity contribution >= 4 is 50.2 Å². The van der Waals surface area contributed by atoms with Crippen LogP contribution in [0.25, 0.3) is 11.0 Å². The van der Waals surface area contributed by atoms with Crippen LogP contribution in [0.1, 0.15) is 31.1 Å². The van der Waals surface area contributed by atoms with Gasteiger partial charge in [0, 0.05) is 26.7 Å². The number of hydrogen-bond acceptors (Lipinski definition) is 6. The van der Waals surface area contributed by atoms with E-state index >= 15 is 0 Å². The van der Waals surface area contributed by atoms with Gasteiger partial charge in [-0.15, -0.1) is 0 Å². The number of carbonyl (C=O) groups excluding carboxylic acids is 3. The third kappa shape index (κ3) is 5.24. The number of ketones is 1. The van der Waals surface area contributed by atoms with Gasteiger partial charge in [-0.2, -0.15) is 0 Å². The van der Waals surface area contributed by atoms with E-state index in [1.807, 2.05) is 6.07 Å². The monoisotopic (exact) mass is 505 g/mol. The lowest BCUT2D eigenvalue weighted by Crippen LogP contribution is -2.20. The number of carbonyl (C=O) groups is 3. The van der Waals surface area contributed by atoms with E-state index in [0.29, 0.717) is 22.2 Å². The molecule has 0 saturated heterocycles. The van der Waals surface area contributed by atoms with E-state index in [9.17, 15) is 19.2 Å². The lowest BCUT2D eigenvalue weighted by atomic mass is 10.1. The highest BCUT2D eigenvalue weighted by atomic mass is 79.9. The molecule has 0 spiro atoms. The molecule has 0 radical (unpaired) electrons. The number of rotatable bonds is 6. The number of anilines is 1. The molecule has 0 aliphatic rings. The number of fused-ring (bicyclic) bond motifs is 1. The predicted octanol–water partition coefficient (Wildman–Crippen LogP) is 4.85. The Morgan fingerprint density at radius 1 is 0.879 bits per heavy atom. The first-order valence-corrected chi connectivity index (χ1v) is 10.6. The summed E-state index contributed by atoms with van der Waals surface area (Å²) in [6.07, 6.45) is 0. The van der Waals surface area contributed by atoms with Crippen molar-refractivity contribution in [1.82, 2.24) is 0 Å². The molecule has 1 aromatic heterocycles. The molecule has 164 valence electrons. The predicted molar refractivity (Wildman–Crippen MR) is 126 cm³/mol. The summed E-state index contributed by atoms with van der Waals surface area (Å²) in [5.41, 5.74) is 0.492. The summed E-state index contributed by atoms with van der Waals surface area (Å²) in [7, 11) is 0. The summed E-state index contributed by atoms with van der Waals surface area (Å²) in [4.78, 5) is 49.1. The van der Waals surface area contributed by atoms with Crippen molar-refractivity contribution in [2.45, 2.75) is 0 Å².